The molecule has 0 aromatic rings. The van der Waals surface area contributed by atoms with E-state index in [-0.39, 0.29) is 30.5 Å². The van der Waals surface area contributed by atoms with Gasteiger partial charge >= 0.3 is 5.97 Å². The van der Waals surface area contributed by atoms with Crippen LogP contribution in [-0.4, -0.2) is 39.3 Å². The number of carboxylic acids is 1. The highest BCUT2D eigenvalue weighted by Gasteiger charge is 2.39. The van der Waals surface area contributed by atoms with Crippen molar-refractivity contribution in [1.29, 1.82) is 0 Å². The number of Topliss-reactive ketones (excluding diaryl/α,β-unsaturated/α-hetero) is 1. The van der Waals surface area contributed by atoms with E-state index in [1.54, 1.807) is 12.2 Å². The summed E-state index contributed by atoms with van der Waals surface area (Å²) in [6.45, 7) is 1.87. The van der Waals surface area contributed by atoms with Crippen LogP contribution in [0.15, 0.2) is 48.6 Å². The van der Waals surface area contributed by atoms with Crippen LogP contribution >= 0.6 is 0 Å². The Hall–Kier alpha value is -1.98. The van der Waals surface area contributed by atoms with Crippen LogP contribution in [0.5, 0.6) is 0 Å². The smallest absolute Gasteiger partial charge is 0.303 e. The number of hydrogen-bond donors (Lipinski definition) is 3. The summed E-state index contributed by atoms with van der Waals surface area (Å²) in [5.74, 6) is -1.20. The minimum atomic E-state index is -0.784. The van der Waals surface area contributed by atoms with E-state index in [0.29, 0.717) is 19.3 Å². The van der Waals surface area contributed by atoms with E-state index < -0.39 is 18.2 Å². The van der Waals surface area contributed by atoms with Gasteiger partial charge in [0.15, 0.2) is 0 Å². The highest BCUT2D eigenvalue weighted by atomic mass is 16.4. The minimum Gasteiger partial charge on any atom is -0.481 e. The largest absolute Gasteiger partial charge is 0.481 e. The van der Waals surface area contributed by atoms with Crippen molar-refractivity contribution in [3.8, 4) is 0 Å². The van der Waals surface area contributed by atoms with E-state index in [2.05, 4.69) is 0 Å². The van der Waals surface area contributed by atoms with Gasteiger partial charge in [-0.25, -0.2) is 0 Å². The molecule has 27 heavy (non-hydrogen) atoms. The number of carbonyl (C=O) groups excluding carboxylic acids is 1. The summed E-state index contributed by atoms with van der Waals surface area (Å²) in [4.78, 5) is 22.4. The number of allylic oxidation sites excluding steroid dienone is 7. The van der Waals surface area contributed by atoms with Gasteiger partial charge in [0, 0.05) is 24.7 Å². The molecule has 1 aliphatic rings. The lowest BCUT2D eigenvalue weighted by Gasteiger charge is -2.16. The number of carboxylic acid groups (broad SMARTS) is 1. The lowest BCUT2D eigenvalue weighted by Crippen LogP contribution is -2.19. The van der Waals surface area contributed by atoms with Crippen molar-refractivity contribution in [2.24, 2.45) is 11.8 Å². The molecule has 0 amide bonds. The zero-order chi connectivity index (χ0) is 20.1. The van der Waals surface area contributed by atoms with Gasteiger partial charge in [-0.15, -0.1) is 0 Å². The summed E-state index contributed by atoms with van der Waals surface area (Å²) in [6, 6.07) is 0. The van der Waals surface area contributed by atoms with Crippen molar-refractivity contribution in [1.82, 2.24) is 0 Å². The fraction of sp³-hybridized carbons (Fsp3) is 0.545. The molecule has 0 spiro atoms. The van der Waals surface area contributed by atoms with Gasteiger partial charge in [-0.05, 0) is 32.1 Å². The summed E-state index contributed by atoms with van der Waals surface area (Å²) >= 11 is 0. The van der Waals surface area contributed by atoms with Gasteiger partial charge in [0.05, 0.1) is 12.2 Å². The molecule has 0 aromatic heterocycles. The van der Waals surface area contributed by atoms with E-state index in [9.17, 15) is 19.8 Å². The Morgan fingerprint density at radius 3 is 2.41 bits per heavy atom. The van der Waals surface area contributed by atoms with Gasteiger partial charge in [0.25, 0.3) is 0 Å². The molecule has 1 saturated carbocycles. The summed E-state index contributed by atoms with van der Waals surface area (Å²) in [5.41, 5.74) is 0. The first-order valence-corrected chi connectivity index (χ1v) is 9.69. The number of carbonyl (C=O) groups is 2. The Bertz CT molecular complexity index is 573. The van der Waals surface area contributed by atoms with Crippen molar-refractivity contribution in [3.63, 3.8) is 0 Å². The Labute approximate surface area is 161 Å². The zero-order valence-electron chi connectivity index (χ0n) is 16.0. The van der Waals surface area contributed by atoms with E-state index in [4.69, 9.17) is 5.11 Å². The molecule has 5 heteroatoms. The van der Waals surface area contributed by atoms with Crippen LogP contribution in [0.1, 0.15) is 51.9 Å². The van der Waals surface area contributed by atoms with Crippen LogP contribution < -0.4 is 0 Å². The molecule has 0 radical (unpaired) electrons. The van der Waals surface area contributed by atoms with Crippen molar-refractivity contribution >= 4 is 11.8 Å². The maximum atomic E-state index is 12.0. The molecule has 1 fully saturated rings. The maximum Gasteiger partial charge on any atom is 0.303 e. The summed E-state index contributed by atoms with van der Waals surface area (Å²) < 4.78 is 0. The first-order chi connectivity index (χ1) is 13.0. The highest BCUT2D eigenvalue weighted by molar-refractivity contribution is 5.86. The molecule has 0 bridgehead atoms. The second kappa shape index (κ2) is 13.2. The zero-order valence-corrected chi connectivity index (χ0v) is 16.0. The fourth-order valence-corrected chi connectivity index (χ4v) is 3.03. The molecule has 5 nitrogen and oxygen atoms in total. The number of aliphatic hydroxyl groups excluding tert-OH is 2. The molecular formula is C22H32O5. The molecule has 0 unspecified atom stereocenters. The molecule has 0 aliphatic heterocycles. The van der Waals surface area contributed by atoms with Crippen LogP contribution in [0.2, 0.25) is 0 Å². The van der Waals surface area contributed by atoms with Crippen LogP contribution in [0.3, 0.4) is 0 Å². The molecule has 4 atom stereocenters. The summed E-state index contributed by atoms with van der Waals surface area (Å²) in [7, 11) is 0. The first kappa shape index (κ1) is 23.1. The van der Waals surface area contributed by atoms with E-state index in [0.717, 1.165) is 12.8 Å². The van der Waals surface area contributed by atoms with E-state index in [1.165, 1.54) is 0 Å². The number of aliphatic carboxylic acids is 1. The van der Waals surface area contributed by atoms with Crippen molar-refractivity contribution in [3.05, 3.63) is 48.6 Å². The lowest BCUT2D eigenvalue weighted by atomic mass is 9.90. The molecule has 0 saturated heterocycles. The van der Waals surface area contributed by atoms with Crippen molar-refractivity contribution in [2.45, 2.75) is 64.1 Å². The van der Waals surface area contributed by atoms with Gasteiger partial charge in [-0.2, -0.15) is 0 Å². The second-order valence-corrected chi connectivity index (χ2v) is 6.84. The number of aliphatic hydroxyl groups is 2. The molecule has 150 valence electrons. The molecular weight excluding hydrogens is 344 g/mol. The normalized spacial score (nSPS) is 24.9. The fourth-order valence-electron chi connectivity index (χ4n) is 3.03. The van der Waals surface area contributed by atoms with Gasteiger partial charge in [0.1, 0.15) is 5.78 Å². The maximum absolute atomic E-state index is 12.0. The van der Waals surface area contributed by atoms with Crippen LogP contribution in [0, 0.1) is 11.8 Å². The van der Waals surface area contributed by atoms with Crippen LogP contribution in [0.25, 0.3) is 0 Å². The Kier molecular flexibility index (Phi) is 11.3. The highest BCUT2D eigenvalue weighted by Crippen LogP contribution is 2.33. The van der Waals surface area contributed by atoms with Crippen molar-refractivity contribution in [2.75, 3.05) is 0 Å². The van der Waals surface area contributed by atoms with Crippen molar-refractivity contribution < 1.29 is 24.9 Å². The topological polar surface area (TPSA) is 94.8 Å². The van der Waals surface area contributed by atoms with Crippen LogP contribution in [-0.2, 0) is 9.59 Å². The van der Waals surface area contributed by atoms with E-state index in [1.807, 2.05) is 43.4 Å². The molecule has 0 aromatic carbocycles. The Morgan fingerprint density at radius 1 is 1.15 bits per heavy atom. The molecule has 1 rings (SSSR count). The predicted molar refractivity (Wildman–Crippen MR) is 106 cm³/mol. The quantitative estimate of drug-likeness (QED) is 0.453. The number of ketones is 1. The molecule has 3 N–H and O–H groups in total. The number of rotatable bonds is 12. The third-order valence-electron chi connectivity index (χ3n) is 4.67. The van der Waals surface area contributed by atoms with Gasteiger partial charge in [-0.3, -0.25) is 9.59 Å². The van der Waals surface area contributed by atoms with Gasteiger partial charge < -0.3 is 15.3 Å². The van der Waals surface area contributed by atoms with Gasteiger partial charge in [0.2, 0.25) is 0 Å². The third kappa shape index (κ3) is 9.50. The Balaban J connectivity index is 2.35. The Morgan fingerprint density at radius 2 is 1.78 bits per heavy atom. The minimum absolute atomic E-state index is 0.0371. The monoisotopic (exact) mass is 376 g/mol. The molecule has 1 aliphatic carbocycles. The summed E-state index contributed by atoms with van der Waals surface area (Å²) in [5, 5.41) is 28.3. The summed E-state index contributed by atoms with van der Waals surface area (Å²) in [6.07, 6.45) is 17.8. The average molecular weight is 376 g/mol. The molecule has 0 heterocycles. The van der Waals surface area contributed by atoms with Gasteiger partial charge in [-0.1, -0.05) is 55.5 Å². The second-order valence-electron chi connectivity index (χ2n) is 6.84. The lowest BCUT2D eigenvalue weighted by molar-refractivity contribution is -0.136. The SMILES string of the molecule is CC[C@H](O)/C=C/[C@@H]1C(=O)C[C@H](O)[C@@H]1C/C=C\C/C=C\C/C=C\CCC(=O)O. The number of hydrogen-bond acceptors (Lipinski definition) is 4. The predicted octanol–water partition coefficient (Wildman–Crippen LogP) is 3.58. The first-order valence-electron chi connectivity index (χ1n) is 9.69. The van der Waals surface area contributed by atoms with E-state index >= 15 is 0 Å². The van der Waals surface area contributed by atoms with Crippen LogP contribution in [0.4, 0.5) is 0 Å². The average Bonchev–Trinajstić information content (AvgIpc) is 2.90. The standard InChI is InChI=1S/C22H32O5/c1-2-17(23)14-15-19-18(20(24)16-21(19)25)12-10-8-6-4-3-5-7-9-11-13-22(26)27/h3-4,7-10,14-15,17-20,23-24H,2,5-6,11-13,16H2,1H3,(H,26,27)/b4-3-,9-7-,10-8-,15-14+/t17-,18+,19-,20-/m0/s1. The third-order valence-corrected chi connectivity index (χ3v) is 4.67.